The zero-order chi connectivity index (χ0) is 26.4. The van der Waals surface area contributed by atoms with E-state index in [9.17, 15) is 9.90 Å². The highest BCUT2D eigenvalue weighted by molar-refractivity contribution is 14.1. The lowest BCUT2D eigenvalue weighted by Gasteiger charge is -2.47. The summed E-state index contributed by atoms with van der Waals surface area (Å²) >= 11 is 2.32. The number of halogens is 1. The van der Waals surface area contributed by atoms with E-state index in [2.05, 4.69) is 56.9 Å². The summed E-state index contributed by atoms with van der Waals surface area (Å²) < 4.78 is 7.37. The van der Waals surface area contributed by atoms with Crippen molar-refractivity contribution in [2.24, 2.45) is 0 Å². The molecule has 2 atom stereocenters. The molecular weight excluding hydrogens is 579 g/mol. The summed E-state index contributed by atoms with van der Waals surface area (Å²) in [7, 11) is 0. The Morgan fingerprint density at radius 1 is 1.03 bits per heavy atom. The molecule has 0 bridgehead atoms. The predicted molar refractivity (Wildman–Crippen MR) is 151 cm³/mol. The number of cyclic esters (lactones) is 1. The number of carbonyl (C=O) groups excluding carboxylic acids is 1. The van der Waals surface area contributed by atoms with Crippen LogP contribution in [-0.2, 0) is 13.9 Å². The van der Waals surface area contributed by atoms with Gasteiger partial charge in [-0.15, -0.1) is 0 Å². The Morgan fingerprint density at radius 3 is 2.35 bits per heavy atom. The Hall–Kier alpha value is -2.98. The third-order valence-corrected chi connectivity index (χ3v) is 8.15. The molecule has 4 aromatic rings. The molecule has 1 saturated heterocycles. The lowest BCUT2D eigenvalue weighted by molar-refractivity contribution is -0.102. The molecule has 8 heteroatoms. The number of fused-ring (bicyclic) bond motifs is 1. The van der Waals surface area contributed by atoms with Crippen molar-refractivity contribution in [3.05, 3.63) is 89.9 Å². The molecule has 0 spiro atoms. The van der Waals surface area contributed by atoms with Crippen LogP contribution in [-0.4, -0.2) is 42.8 Å². The number of carbonyl (C=O) groups is 1. The molecule has 3 heterocycles. The van der Waals surface area contributed by atoms with Crippen molar-refractivity contribution in [1.82, 2.24) is 19.5 Å². The molecule has 2 aromatic heterocycles. The Labute approximate surface area is 230 Å². The van der Waals surface area contributed by atoms with E-state index in [0.717, 1.165) is 33.7 Å². The maximum atomic E-state index is 13.5. The summed E-state index contributed by atoms with van der Waals surface area (Å²) in [5.74, 6) is 0.737. The minimum Gasteiger partial charge on any atom is -0.438 e. The highest BCUT2D eigenvalue weighted by Gasteiger charge is 2.49. The van der Waals surface area contributed by atoms with Crippen LogP contribution >= 0.6 is 22.6 Å². The van der Waals surface area contributed by atoms with E-state index < -0.39 is 14.7 Å². The first-order chi connectivity index (χ1) is 17.5. The molecule has 1 unspecified atom stereocenters. The molecule has 5 rings (SSSR count). The van der Waals surface area contributed by atoms with Gasteiger partial charge in [-0.05, 0) is 79.1 Å². The Bertz CT molecular complexity index is 1430. The van der Waals surface area contributed by atoms with Crippen molar-refractivity contribution >= 4 is 34.3 Å². The number of ether oxygens (including phenoxy) is 1. The van der Waals surface area contributed by atoms with Gasteiger partial charge in [0.1, 0.15) is 15.0 Å². The van der Waals surface area contributed by atoms with Crippen LogP contribution in [0, 0.1) is 6.92 Å². The van der Waals surface area contributed by atoms with Crippen molar-refractivity contribution < 1.29 is 14.6 Å². The second kappa shape index (κ2) is 9.40. The monoisotopic (exact) mass is 610 g/mol. The van der Waals surface area contributed by atoms with Gasteiger partial charge in [0.2, 0.25) is 0 Å². The average Bonchev–Trinajstić information content (AvgIpc) is 3.23. The molecule has 1 amide bonds. The highest BCUT2D eigenvalue weighted by atomic mass is 127. The Balaban J connectivity index is 1.39. The van der Waals surface area contributed by atoms with E-state index in [1.54, 1.807) is 23.3 Å². The van der Waals surface area contributed by atoms with Gasteiger partial charge in [-0.1, -0.05) is 54.6 Å². The number of nitrogens with zero attached hydrogens (tertiary/aromatic N) is 4. The zero-order valence-corrected chi connectivity index (χ0v) is 23.6. The molecule has 192 valence electrons. The van der Waals surface area contributed by atoms with Crippen LogP contribution in [0.25, 0.3) is 16.8 Å². The second-order valence-electron chi connectivity index (χ2n) is 10.5. The minimum atomic E-state index is -0.990. The van der Waals surface area contributed by atoms with E-state index in [4.69, 9.17) is 4.74 Å². The van der Waals surface area contributed by atoms with E-state index in [1.807, 2.05) is 62.5 Å². The third kappa shape index (κ3) is 5.09. The molecule has 0 radical (unpaired) electrons. The Morgan fingerprint density at radius 2 is 1.70 bits per heavy atom. The van der Waals surface area contributed by atoms with E-state index in [-0.39, 0.29) is 6.09 Å². The van der Waals surface area contributed by atoms with E-state index >= 15 is 0 Å². The summed E-state index contributed by atoms with van der Waals surface area (Å²) in [4.78, 5) is 19.7. The summed E-state index contributed by atoms with van der Waals surface area (Å²) in [5.41, 5.74) is 2.96. The number of aryl methyl sites for hydroxylation is 1. The van der Waals surface area contributed by atoms with Crippen LogP contribution in [0.4, 0.5) is 4.79 Å². The third-order valence-electron chi connectivity index (χ3n) is 6.95. The summed E-state index contributed by atoms with van der Waals surface area (Å²) in [6.07, 6.45) is 2.50. The number of alkyl halides is 1. The van der Waals surface area contributed by atoms with Gasteiger partial charge in [-0.25, -0.2) is 14.3 Å². The van der Waals surface area contributed by atoms with Crippen molar-refractivity contribution in [2.45, 2.75) is 55.3 Å². The lowest BCUT2D eigenvalue weighted by Crippen LogP contribution is -2.54. The number of benzene rings is 2. The molecule has 0 saturated carbocycles. The van der Waals surface area contributed by atoms with Crippen LogP contribution < -0.4 is 0 Å². The first-order valence-electron chi connectivity index (χ1n) is 12.4. The molecule has 1 fully saturated rings. The van der Waals surface area contributed by atoms with E-state index in [1.165, 1.54) is 0 Å². The van der Waals surface area contributed by atoms with E-state index in [0.29, 0.717) is 19.4 Å². The first-order valence-corrected chi connectivity index (χ1v) is 13.5. The van der Waals surface area contributed by atoms with Gasteiger partial charge in [-0.3, -0.25) is 4.90 Å². The maximum Gasteiger partial charge on any atom is 0.412 e. The topological polar surface area (TPSA) is 80.0 Å². The average molecular weight is 610 g/mol. The largest absolute Gasteiger partial charge is 0.438 e. The molecule has 2 aromatic carbocycles. The van der Waals surface area contributed by atoms with Gasteiger partial charge in [0.05, 0.1) is 5.60 Å². The van der Waals surface area contributed by atoms with Gasteiger partial charge < -0.3 is 9.84 Å². The van der Waals surface area contributed by atoms with Crippen LogP contribution in [0.5, 0.6) is 0 Å². The number of rotatable bonds is 6. The van der Waals surface area contributed by atoms with Gasteiger partial charge >= 0.3 is 6.09 Å². The number of hydrogen-bond donors (Lipinski definition) is 1. The van der Waals surface area contributed by atoms with Crippen molar-refractivity contribution in [3.63, 3.8) is 0 Å². The van der Waals surface area contributed by atoms with Crippen molar-refractivity contribution in [1.29, 1.82) is 0 Å². The second-order valence-corrected chi connectivity index (χ2v) is 12.6. The van der Waals surface area contributed by atoms with Gasteiger partial charge in [0.25, 0.3) is 0 Å². The molecular formula is C29H31IN4O3. The van der Waals surface area contributed by atoms with Crippen LogP contribution in [0.1, 0.15) is 50.6 Å². The number of amides is 1. The lowest BCUT2D eigenvalue weighted by atomic mass is 9.80. The smallest absolute Gasteiger partial charge is 0.412 e. The maximum absolute atomic E-state index is 13.5. The molecule has 37 heavy (non-hydrogen) atoms. The van der Waals surface area contributed by atoms with Crippen LogP contribution in [0.3, 0.4) is 0 Å². The SMILES string of the molecule is Cc1nc2ccc(-c3ccc([C@](C)(I)N4CCC(CC(C)(C)O)(c5ccccc5)OC4=O)cc3)cn2n1. The normalized spacial score (nSPS) is 20.1. The zero-order valence-electron chi connectivity index (χ0n) is 21.5. The molecule has 1 aliphatic rings. The molecule has 1 N–H and O–H groups in total. The first kappa shape index (κ1) is 25.7. The summed E-state index contributed by atoms with van der Waals surface area (Å²) in [6.45, 7) is 7.92. The van der Waals surface area contributed by atoms with Gasteiger partial charge in [0, 0.05) is 31.1 Å². The number of hydrogen-bond acceptors (Lipinski definition) is 5. The quantitative estimate of drug-likeness (QED) is 0.160. The van der Waals surface area contributed by atoms with Crippen molar-refractivity contribution in [2.75, 3.05) is 6.54 Å². The Kier molecular flexibility index (Phi) is 6.52. The fourth-order valence-electron chi connectivity index (χ4n) is 5.20. The van der Waals surface area contributed by atoms with Crippen molar-refractivity contribution in [3.8, 4) is 11.1 Å². The molecule has 1 aliphatic heterocycles. The molecule has 7 nitrogen and oxygen atoms in total. The predicted octanol–water partition coefficient (Wildman–Crippen LogP) is 6.21. The van der Waals surface area contributed by atoms with Gasteiger partial charge in [-0.2, -0.15) is 5.10 Å². The highest BCUT2D eigenvalue weighted by Crippen LogP contribution is 2.45. The molecule has 0 aliphatic carbocycles. The standard InChI is InChI=1S/C29H31IN4O3/c1-20-31-25-15-12-22(18-34(25)32-20)21-10-13-23(14-11-21)28(4,30)33-17-16-29(37-26(33)35,19-27(2,3)36)24-8-6-5-7-9-24/h5-15,18,36H,16-17,19H2,1-4H3/t28-,29?/m1/s1. The fraction of sp³-hybridized carbons (Fsp3) is 0.345. The summed E-state index contributed by atoms with van der Waals surface area (Å²) in [6, 6.07) is 22.0. The summed E-state index contributed by atoms with van der Waals surface area (Å²) in [5, 5.41) is 15.1. The number of aromatic nitrogens is 3. The fourth-order valence-corrected chi connectivity index (χ4v) is 5.99. The number of aliphatic hydroxyl groups is 1. The van der Waals surface area contributed by atoms with Gasteiger partial charge in [0.15, 0.2) is 5.65 Å². The van der Waals surface area contributed by atoms with Crippen LogP contribution in [0.2, 0.25) is 0 Å². The van der Waals surface area contributed by atoms with Crippen LogP contribution in [0.15, 0.2) is 72.9 Å². The minimum absolute atomic E-state index is 0.325. The number of pyridine rings is 1.